The Morgan fingerprint density at radius 2 is 2.02 bits per heavy atom. The van der Waals surface area contributed by atoms with E-state index in [1.165, 1.54) is 24.8 Å². The number of fused-ring (bicyclic) bond motifs is 5. The van der Waals surface area contributed by atoms with Crippen molar-refractivity contribution < 1.29 is 28.6 Å². The van der Waals surface area contributed by atoms with Gasteiger partial charge in [-0.05, 0) is 104 Å². The maximum Gasteiger partial charge on any atom is 0.309 e. The Morgan fingerprint density at radius 1 is 1.28 bits per heavy atom. The number of nitrogens with two attached hydrogens (primary N) is 1. The van der Waals surface area contributed by atoms with Gasteiger partial charge in [0, 0.05) is 12.5 Å². The highest BCUT2D eigenvalue weighted by molar-refractivity contribution is 8.14. The molecule has 43 heavy (non-hydrogen) atoms. The van der Waals surface area contributed by atoms with Gasteiger partial charge < -0.3 is 20.3 Å². The number of hydrogen-bond acceptors (Lipinski definition) is 9. The monoisotopic (exact) mass is 609 g/mol. The first-order valence-corrected chi connectivity index (χ1v) is 15.9. The van der Waals surface area contributed by atoms with Gasteiger partial charge in [-0.25, -0.2) is 9.38 Å². The van der Waals surface area contributed by atoms with Crippen LogP contribution in [0.15, 0.2) is 52.7 Å². The number of nitrogens with zero attached hydrogens (tertiary/aromatic N) is 2. The summed E-state index contributed by atoms with van der Waals surface area (Å²) in [4.78, 5) is 31.5. The standard InChI is InChI=1S/C33H40FN3O5S/c1-31-17-20(19-36)26(37-23-7-5-22(34)6-8-23)16-21(31)4-9-24-25-10-12-33(30(40)43-15-13-35,42-28(39)11-14-41-3)32(25,2)18-27(38)29(24)31/h5-8,16,19,24-25,27,29,38H,4,9-12,14-15,17-18,36H2,1-3H3/t24-,25?,27?,29?,31-,32-,33-/m0/s1. The SMILES string of the molecule is COCCC(=O)O[C@]1(C(=O)SCC#N)CCC2[C@@H]3CCC4=CC(=Nc5ccc(F)cc5)C(=CN)C[C@]4(C)C3C(O)C[C@@]21C. The van der Waals surface area contributed by atoms with Crippen molar-refractivity contribution in [2.45, 2.75) is 70.5 Å². The summed E-state index contributed by atoms with van der Waals surface area (Å²) in [5, 5.41) is 20.9. The van der Waals surface area contributed by atoms with Gasteiger partial charge in [0.15, 0.2) is 5.60 Å². The normalized spacial score (nSPS) is 36.7. The van der Waals surface area contributed by atoms with Gasteiger partial charge in [-0.15, -0.1) is 0 Å². The van der Waals surface area contributed by atoms with E-state index in [1.807, 2.05) is 13.0 Å². The van der Waals surface area contributed by atoms with Crippen LogP contribution in [0.5, 0.6) is 0 Å². The molecule has 10 heteroatoms. The van der Waals surface area contributed by atoms with E-state index in [1.54, 1.807) is 18.3 Å². The summed E-state index contributed by atoms with van der Waals surface area (Å²) in [5.74, 6) is -0.816. The molecule has 0 aliphatic heterocycles. The molecule has 0 bridgehead atoms. The van der Waals surface area contributed by atoms with Gasteiger partial charge >= 0.3 is 5.97 Å². The van der Waals surface area contributed by atoms with Crippen molar-refractivity contribution in [2.24, 2.45) is 39.3 Å². The van der Waals surface area contributed by atoms with Crippen molar-refractivity contribution in [3.63, 3.8) is 0 Å². The van der Waals surface area contributed by atoms with E-state index < -0.39 is 23.1 Å². The molecule has 230 valence electrons. The van der Waals surface area contributed by atoms with Crippen molar-refractivity contribution in [2.75, 3.05) is 19.5 Å². The van der Waals surface area contributed by atoms with Gasteiger partial charge in [-0.1, -0.05) is 31.2 Å². The molecule has 3 fully saturated rings. The molecule has 5 rings (SSSR count). The van der Waals surface area contributed by atoms with E-state index in [9.17, 15) is 24.3 Å². The molecule has 1 aromatic rings. The fourth-order valence-electron chi connectivity index (χ4n) is 8.77. The third-order valence-corrected chi connectivity index (χ3v) is 11.5. The van der Waals surface area contributed by atoms with E-state index in [0.29, 0.717) is 31.4 Å². The number of halogens is 1. The molecule has 3 saturated carbocycles. The number of aliphatic hydroxyl groups is 1. The smallest absolute Gasteiger partial charge is 0.309 e. The molecule has 1 aromatic carbocycles. The Hall–Kier alpha value is -3.00. The van der Waals surface area contributed by atoms with Gasteiger partial charge in [-0.2, -0.15) is 5.26 Å². The molecule has 3 unspecified atom stereocenters. The van der Waals surface area contributed by atoms with Gasteiger partial charge in [0.25, 0.3) is 0 Å². The number of carbonyl (C=O) groups excluding carboxylic acids is 2. The number of ether oxygens (including phenoxy) is 2. The van der Waals surface area contributed by atoms with Crippen LogP contribution in [-0.4, -0.2) is 53.1 Å². The lowest BCUT2D eigenvalue weighted by atomic mass is 9.45. The first-order valence-electron chi connectivity index (χ1n) is 14.9. The van der Waals surface area contributed by atoms with Gasteiger partial charge in [0.05, 0.1) is 42.4 Å². The quantitative estimate of drug-likeness (QED) is 0.393. The lowest BCUT2D eigenvalue weighted by Crippen LogP contribution is -2.62. The van der Waals surface area contributed by atoms with Crippen molar-refractivity contribution in [3.05, 3.63) is 53.5 Å². The molecular formula is C33H40FN3O5S. The average Bonchev–Trinajstić information content (AvgIpc) is 3.27. The molecular weight excluding hydrogens is 569 g/mol. The molecule has 4 aliphatic rings. The summed E-state index contributed by atoms with van der Waals surface area (Å²) in [7, 11) is 1.50. The summed E-state index contributed by atoms with van der Waals surface area (Å²) in [5.41, 5.74) is 7.01. The summed E-state index contributed by atoms with van der Waals surface area (Å²) in [6.45, 7) is 4.37. The molecule has 8 nitrogen and oxygen atoms in total. The zero-order chi connectivity index (χ0) is 31.0. The highest BCUT2D eigenvalue weighted by Gasteiger charge is 2.70. The van der Waals surface area contributed by atoms with E-state index in [0.717, 1.165) is 35.9 Å². The van der Waals surface area contributed by atoms with Crippen molar-refractivity contribution >= 4 is 34.2 Å². The highest BCUT2D eigenvalue weighted by Crippen LogP contribution is 2.69. The number of methoxy groups -OCH3 is 1. The predicted molar refractivity (Wildman–Crippen MR) is 163 cm³/mol. The van der Waals surface area contributed by atoms with Crippen LogP contribution in [0.1, 0.15) is 58.8 Å². The average molecular weight is 610 g/mol. The highest BCUT2D eigenvalue weighted by atomic mass is 32.2. The number of carbonyl (C=O) groups is 2. The first-order chi connectivity index (χ1) is 20.5. The number of benzene rings is 1. The number of nitriles is 1. The van der Waals surface area contributed by atoms with Crippen LogP contribution in [0.3, 0.4) is 0 Å². The van der Waals surface area contributed by atoms with Crippen molar-refractivity contribution in [3.8, 4) is 6.07 Å². The second kappa shape index (κ2) is 12.2. The Labute approximate surface area is 256 Å². The fourth-order valence-corrected chi connectivity index (χ4v) is 9.57. The molecule has 0 saturated heterocycles. The lowest BCUT2D eigenvalue weighted by Gasteiger charge is -2.60. The van der Waals surface area contributed by atoms with E-state index in [2.05, 4.69) is 13.0 Å². The third kappa shape index (κ3) is 5.34. The Bertz CT molecular complexity index is 1400. The van der Waals surface area contributed by atoms with Crippen LogP contribution in [0, 0.1) is 45.7 Å². The van der Waals surface area contributed by atoms with Crippen LogP contribution in [0.2, 0.25) is 0 Å². The van der Waals surface area contributed by atoms with E-state index in [4.69, 9.17) is 20.2 Å². The molecule has 0 radical (unpaired) electrons. The Morgan fingerprint density at radius 3 is 2.70 bits per heavy atom. The van der Waals surface area contributed by atoms with Gasteiger partial charge in [-0.3, -0.25) is 9.59 Å². The van der Waals surface area contributed by atoms with Gasteiger partial charge in [0.2, 0.25) is 5.12 Å². The van der Waals surface area contributed by atoms with Crippen LogP contribution in [0.4, 0.5) is 10.1 Å². The Kier molecular flexibility index (Phi) is 8.90. The van der Waals surface area contributed by atoms with Gasteiger partial charge in [0.1, 0.15) is 5.82 Å². The van der Waals surface area contributed by atoms with Crippen LogP contribution >= 0.6 is 11.8 Å². The number of esters is 1. The molecule has 0 heterocycles. The lowest BCUT2D eigenvalue weighted by molar-refractivity contribution is -0.197. The number of rotatable bonds is 7. The molecule has 0 amide bonds. The zero-order valence-corrected chi connectivity index (χ0v) is 25.8. The molecule has 3 N–H and O–H groups in total. The maximum atomic E-state index is 13.8. The summed E-state index contributed by atoms with van der Waals surface area (Å²) >= 11 is 0.891. The summed E-state index contributed by atoms with van der Waals surface area (Å²) in [6, 6.07) is 8.05. The minimum absolute atomic E-state index is 0.0199. The zero-order valence-electron chi connectivity index (χ0n) is 25.0. The van der Waals surface area contributed by atoms with Crippen LogP contribution in [-0.2, 0) is 19.1 Å². The molecule has 0 aromatic heterocycles. The second-order valence-electron chi connectivity index (χ2n) is 12.8. The molecule has 7 atom stereocenters. The second-order valence-corrected chi connectivity index (χ2v) is 13.7. The topological polar surface area (TPSA) is 135 Å². The van der Waals surface area contributed by atoms with Crippen LogP contribution < -0.4 is 5.73 Å². The molecule has 4 aliphatic carbocycles. The van der Waals surface area contributed by atoms with Crippen molar-refractivity contribution in [1.82, 2.24) is 0 Å². The number of aliphatic imine (C=N–C) groups is 1. The largest absolute Gasteiger partial charge is 0.449 e. The third-order valence-electron chi connectivity index (χ3n) is 10.7. The number of thioether (sulfide) groups is 1. The number of allylic oxidation sites excluding steroid dienone is 3. The fraction of sp³-hybridized carbons (Fsp3) is 0.576. The Balaban J connectivity index is 1.49. The minimum Gasteiger partial charge on any atom is -0.449 e. The molecule has 0 spiro atoms. The maximum absolute atomic E-state index is 13.8. The minimum atomic E-state index is -1.42. The summed E-state index contributed by atoms with van der Waals surface area (Å²) in [6.07, 6.45) is 6.51. The van der Waals surface area contributed by atoms with E-state index >= 15 is 0 Å². The summed E-state index contributed by atoms with van der Waals surface area (Å²) < 4.78 is 24.7. The number of aliphatic hydroxyl groups excluding tert-OH is 1. The van der Waals surface area contributed by atoms with Crippen LogP contribution in [0.25, 0.3) is 0 Å². The number of hydrogen-bond donors (Lipinski definition) is 2. The first kappa shape index (κ1) is 31.4. The van der Waals surface area contributed by atoms with E-state index in [-0.39, 0.29) is 52.9 Å². The predicted octanol–water partition coefficient (Wildman–Crippen LogP) is 5.39. The van der Waals surface area contributed by atoms with Crippen molar-refractivity contribution in [1.29, 1.82) is 5.26 Å².